The van der Waals surface area contributed by atoms with Gasteiger partial charge in [0.25, 0.3) is 5.56 Å². The van der Waals surface area contributed by atoms with Gasteiger partial charge in [-0.25, -0.2) is 4.52 Å². The predicted molar refractivity (Wildman–Crippen MR) is 132 cm³/mol. The molecule has 6 heteroatoms. The van der Waals surface area contributed by atoms with E-state index in [9.17, 15) is 4.79 Å². The molecule has 1 fully saturated rings. The van der Waals surface area contributed by atoms with Crippen LogP contribution >= 0.6 is 0 Å². The van der Waals surface area contributed by atoms with Gasteiger partial charge in [-0.15, -0.1) is 10.2 Å². The van der Waals surface area contributed by atoms with Gasteiger partial charge >= 0.3 is 0 Å². The van der Waals surface area contributed by atoms with E-state index in [0.29, 0.717) is 28.5 Å². The maximum absolute atomic E-state index is 13.6. The predicted octanol–water partition coefficient (Wildman–Crippen LogP) is 5.69. The first-order valence-electron chi connectivity index (χ1n) is 12.2. The first-order chi connectivity index (χ1) is 15.8. The van der Waals surface area contributed by atoms with Gasteiger partial charge in [0.1, 0.15) is 5.52 Å². The molecule has 0 N–H and O–H groups in total. The smallest absolute Gasteiger partial charge is 0.280 e. The molecule has 6 nitrogen and oxygen atoms in total. The Morgan fingerprint density at radius 3 is 2.55 bits per heavy atom. The van der Waals surface area contributed by atoms with Gasteiger partial charge in [0.15, 0.2) is 11.2 Å². The van der Waals surface area contributed by atoms with Crippen molar-refractivity contribution in [1.29, 1.82) is 0 Å². The molecule has 1 aromatic carbocycles. The Morgan fingerprint density at radius 1 is 1.06 bits per heavy atom. The van der Waals surface area contributed by atoms with Crippen LogP contribution in [0.5, 0.6) is 0 Å². The molecule has 1 aliphatic rings. The molecule has 0 radical (unpaired) electrons. The molecular weight excluding hydrogens is 410 g/mol. The van der Waals surface area contributed by atoms with E-state index in [4.69, 9.17) is 5.10 Å². The standard InChI is InChI=1S/C27H33N5O/c1-6-20-23(19-10-8-7-9-11-19)25-29-28-24-22(32(25)30-20)14-15-31(26(24)33)21-13-12-18(3)27(4,5)16-17(21)2/h7-11,14-15,17-18,21H,6,12-13,16H2,1-5H3. The third-order valence-electron chi connectivity index (χ3n) is 7.97. The van der Waals surface area contributed by atoms with Crippen LogP contribution in [0.1, 0.15) is 65.6 Å². The van der Waals surface area contributed by atoms with Gasteiger partial charge in [-0.3, -0.25) is 4.79 Å². The van der Waals surface area contributed by atoms with Crippen LogP contribution < -0.4 is 5.56 Å². The molecular formula is C27H33N5O. The minimum absolute atomic E-state index is 0.0686. The topological polar surface area (TPSA) is 65.1 Å². The molecule has 4 aromatic rings. The van der Waals surface area contributed by atoms with Gasteiger partial charge in [0.2, 0.25) is 0 Å². The van der Waals surface area contributed by atoms with Crippen LogP contribution in [0.4, 0.5) is 0 Å². The SMILES string of the molecule is CCc1nn2c(nnc3c(=O)n(C4CCC(C)C(C)(C)CC4C)ccc32)c1-c1ccccc1. The van der Waals surface area contributed by atoms with E-state index in [0.717, 1.165) is 42.5 Å². The van der Waals surface area contributed by atoms with E-state index in [1.807, 2.05) is 35.0 Å². The minimum Gasteiger partial charge on any atom is -0.310 e. The summed E-state index contributed by atoms with van der Waals surface area (Å²) in [5, 5.41) is 13.8. The second-order valence-corrected chi connectivity index (χ2v) is 10.5. The molecule has 3 heterocycles. The lowest BCUT2D eigenvalue weighted by atomic mass is 9.74. The first-order valence-corrected chi connectivity index (χ1v) is 12.2. The molecule has 3 unspecified atom stereocenters. The summed E-state index contributed by atoms with van der Waals surface area (Å²) >= 11 is 0. The Bertz CT molecular complexity index is 1370. The van der Waals surface area contributed by atoms with E-state index >= 15 is 0 Å². The maximum atomic E-state index is 13.6. The third kappa shape index (κ3) is 3.56. The quantitative estimate of drug-likeness (QED) is 0.382. The number of pyridine rings is 1. The van der Waals surface area contributed by atoms with Crippen molar-refractivity contribution in [2.75, 3.05) is 0 Å². The fourth-order valence-corrected chi connectivity index (χ4v) is 5.69. The average molecular weight is 444 g/mol. The van der Waals surface area contributed by atoms with Gasteiger partial charge in [0, 0.05) is 12.2 Å². The molecule has 0 bridgehead atoms. The lowest BCUT2D eigenvalue weighted by Crippen LogP contribution is -2.30. The third-order valence-corrected chi connectivity index (χ3v) is 7.97. The molecule has 3 aromatic heterocycles. The largest absolute Gasteiger partial charge is 0.310 e. The van der Waals surface area contributed by atoms with Crippen molar-refractivity contribution in [2.24, 2.45) is 17.3 Å². The molecule has 3 atom stereocenters. The zero-order valence-corrected chi connectivity index (χ0v) is 20.2. The molecule has 5 rings (SSSR count). The molecule has 1 saturated carbocycles. The van der Waals surface area contributed by atoms with Gasteiger partial charge < -0.3 is 4.57 Å². The zero-order valence-electron chi connectivity index (χ0n) is 20.2. The fourth-order valence-electron chi connectivity index (χ4n) is 5.69. The highest BCUT2D eigenvalue weighted by molar-refractivity contribution is 5.84. The normalized spacial score (nSPS) is 23.1. The van der Waals surface area contributed by atoms with Crippen LogP contribution in [0.2, 0.25) is 0 Å². The van der Waals surface area contributed by atoms with Crippen LogP contribution in [-0.2, 0) is 6.42 Å². The highest BCUT2D eigenvalue weighted by Crippen LogP contribution is 2.44. The number of rotatable bonds is 3. The lowest BCUT2D eigenvalue weighted by molar-refractivity contribution is 0.187. The average Bonchev–Trinajstić information content (AvgIpc) is 3.15. The van der Waals surface area contributed by atoms with E-state index in [2.05, 4.69) is 56.9 Å². The molecule has 0 aliphatic heterocycles. The summed E-state index contributed by atoms with van der Waals surface area (Å²) in [4.78, 5) is 13.6. The summed E-state index contributed by atoms with van der Waals surface area (Å²) in [6, 6.07) is 12.3. The van der Waals surface area contributed by atoms with E-state index < -0.39 is 0 Å². The summed E-state index contributed by atoms with van der Waals surface area (Å²) in [7, 11) is 0. The van der Waals surface area contributed by atoms with Crippen LogP contribution in [0.25, 0.3) is 27.8 Å². The number of fused-ring (bicyclic) bond motifs is 3. The monoisotopic (exact) mass is 443 g/mol. The van der Waals surface area contributed by atoms with E-state index in [1.54, 1.807) is 4.52 Å². The van der Waals surface area contributed by atoms with Crippen LogP contribution in [0.3, 0.4) is 0 Å². The maximum Gasteiger partial charge on any atom is 0.280 e. The molecule has 0 amide bonds. The highest BCUT2D eigenvalue weighted by atomic mass is 16.1. The second-order valence-electron chi connectivity index (χ2n) is 10.5. The van der Waals surface area contributed by atoms with Crippen molar-refractivity contribution in [3.8, 4) is 11.1 Å². The number of hydrogen-bond acceptors (Lipinski definition) is 4. The van der Waals surface area contributed by atoms with Crippen LogP contribution in [-0.4, -0.2) is 24.4 Å². The van der Waals surface area contributed by atoms with Crippen molar-refractivity contribution in [3.63, 3.8) is 0 Å². The van der Waals surface area contributed by atoms with Crippen molar-refractivity contribution in [2.45, 2.75) is 66.3 Å². The number of aromatic nitrogens is 5. The van der Waals surface area contributed by atoms with Gasteiger partial charge in [0.05, 0.1) is 11.3 Å². The van der Waals surface area contributed by atoms with Crippen LogP contribution in [0, 0.1) is 17.3 Å². The first kappa shape index (κ1) is 21.8. The Morgan fingerprint density at radius 2 is 1.82 bits per heavy atom. The number of benzene rings is 1. The van der Waals surface area contributed by atoms with Gasteiger partial charge in [-0.2, -0.15) is 5.10 Å². The number of hydrogen-bond donors (Lipinski definition) is 0. The fraction of sp³-hybridized carbons (Fsp3) is 0.481. The Kier molecular flexibility index (Phi) is 5.34. The number of nitrogens with zero attached hydrogens (tertiary/aromatic N) is 5. The van der Waals surface area contributed by atoms with Crippen molar-refractivity contribution >= 4 is 16.7 Å². The van der Waals surface area contributed by atoms with Gasteiger partial charge in [-0.1, -0.05) is 65.0 Å². The molecule has 33 heavy (non-hydrogen) atoms. The molecule has 1 aliphatic carbocycles. The van der Waals surface area contributed by atoms with E-state index in [-0.39, 0.29) is 17.0 Å². The van der Waals surface area contributed by atoms with Crippen molar-refractivity contribution < 1.29 is 0 Å². The second kappa shape index (κ2) is 8.08. The molecule has 0 saturated heterocycles. The highest BCUT2D eigenvalue weighted by Gasteiger charge is 2.36. The Hall–Kier alpha value is -3.02. The Balaban J connectivity index is 1.65. The summed E-state index contributed by atoms with van der Waals surface area (Å²) in [6.45, 7) is 11.4. The lowest BCUT2D eigenvalue weighted by Gasteiger charge is -2.32. The zero-order chi connectivity index (χ0) is 23.3. The molecule has 172 valence electrons. The molecule has 0 spiro atoms. The summed E-state index contributed by atoms with van der Waals surface area (Å²) in [5.74, 6) is 1.05. The van der Waals surface area contributed by atoms with Crippen molar-refractivity contribution in [3.05, 3.63) is 58.6 Å². The minimum atomic E-state index is -0.0686. The summed E-state index contributed by atoms with van der Waals surface area (Å²) in [5.41, 5.74) is 5.02. The van der Waals surface area contributed by atoms with Gasteiger partial charge in [-0.05, 0) is 54.6 Å². The van der Waals surface area contributed by atoms with Crippen molar-refractivity contribution in [1.82, 2.24) is 24.4 Å². The Labute approximate surface area is 194 Å². The van der Waals surface area contributed by atoms with Crippen LogP contribution in [0.15, 0.2) is 47.4 Å². The summed E-state index contributed by atoms with van der Waals surface area (Å²) in [6.07, 6.45) is 5.96. The summed E-state index contributed by atoms with van der Waals surface area (Å²) < 4.78 is 3.71. The number of aryl methyl sites for hydroxylation is 1. The van der Waals surface area contributed by atoms with E-state index in [1.165, 1.54) is 0 Å².